The van der Waals surface area contributed by atoms with Crippen LogP contribution in [0.25, 0.3) is 0 Å². The third-order valence-corrected chi connectivity index (χ3v) is 3.75. The summed E-state index contributed by atoms with van der Waals surface area (Å²) in [6.45, 7) is -0.341. The van der Waals surface area contributed by atoms with E-state index in [2.05, 4.69) is 5.32 Å². The predicted molar refractivity (Wildman–Crippen MR) is 89.5 cm³/mol. The van der Waals surface area contributed by atoms with Crippen molar-refractivity contribution in [3.63, 3.8) is 0 Å². The van der Waals surface area contributed by atoms with Gasteiger partial charge in [0.1, 0.15) is 0 Å². The van der Waals surface area contributed by atoms with Gasteiger partial charge in [-0.05, 0) is 59.0 Å². The average molecular weight is 416 g/mol. The largest absolute Gasteiger partial charge is 0.452 e. The summed E-state index contributed by atoms with van der Waals surface area (Å²) in [5.41, 5.74) is 1.03. The molecule has 0 aliphatic carbocycles. The van der Waals surface area contributed by atoms with Gasteiger partial charge in [0.15, 0.2) is 6.61 Å². The first-order valence-corrected chi connectivity index (χ1v) is 7.49. The summed E-state index contributed by atoms with van der Waals surface area (Å²) >= 11 is 7.79. The molecule has 0 bridgehead atoms. The molecule has 1 amide bonds. The van der Waals surface area contributed by atoms with Crippen molar-refractivity contribution in [2.45, 2.75) is 0 Å². The highest BCUT2D eigenvalue weighted by Gasteiger charge is 2.12. The summed E-state index contributed by atoms with van der Waals surface area (Å²) in [7, 11) is 0. The second-order valence-corrected chi connectivity index (χ2v) is 5.71. The quantitative estimate of drug-likeness (QED) is 0.611. The van der Waals surface area contributed by atoms with E-state index < -0.39 is 11.9 Å². The smallest absolute Gasteiger partial charge is 0.339 e. The molecule has 6 heteroatoms. The van der Waals surface area contributed by atoms with E-state index in [-0.39, 0.29) is 6.61 Å². The molecule has 0 radical (unpaired) electrons. The van der Waals surface area contributed by atoms with Gasteiger partial charge >= 0.3 is 5.97 Å². The van der Waals surface area contributed by atoms with Crippen molar-refractivity contribution in [1.82, 2.24) is 0 Å². The Morgan fingerprint density at radius 1 is 1.10 bits per heavy atom. The number of carbonyl (C=O) groups excluding carboxylic acids is 2. The maximum atomic E-state index is 11.8. The van der Waals surface area contributed by atoms with Crippen LogP contribution < -0.4 is 5.32 Å². The molecule has 1 N–H and O–H groups in total. The van der Waals surface area contributed by atoms with Gasteiger partial charge in [0, 0.05) is 14.3 Å². The first kappa shape index (κ1) is 15.8. The summed E-state index contributed by atoms with van der Waals surface area (Å²) in [5.74, 6) is -0.928. The zero-order valence-corrected chi connectivity index (χ0v) is 13.7. The molecule has 0 atom stereocenters. The lowest BCUT2D eigenvalue weighted by molar-refractivity contribution is -0.119. The van der Waals surface area contributed by atoms with E-state index in [1.165, 1.54) is 0 Å². The van der Waals surface area contributed by atoms with Gasteiger partial charge in [-0.3, -0.25) is 4.79 Å². The van der Waals surface area contributed by atoms with Crippen LogP contribution in [0.4, 0.5) is 5.69 Å². The molecule has 0 heterocycles. The van der Waals surface area contributed by atoms with E-state index in [0.717, 1.165) is 3.57 Å². The molecule has 0 saturated carbocycles. The molecule has 4 nitrogen and oxygen atoms in total. The van der Waals surface area contributed by atoms with Gasteiger partial charge in [0.2, 0.25) is 0 Å². The molecular formula is C15H11ClINO3. The topological polar surface area (TPSA) is 55.4 Å². The standard InChI is InChI=1S/C15H11ClINO3/c16-10-5-7-11(8-6-10)18-14(19)9-21-15(20)12-3-1-2-4-13(12)17/h1-8H,9H2,(H,18,19). The maximum absolute atomic E-state index is 11.8. The summed E-state index contributed by atoms with van der Waals surface area (Å²) < 4.78 is 5.76. The maximum Gasteiger partial charge on any atom is 0.339 e. The van der Waals surface area contributed by atoms with E-state index in [1.807, 2.05) is 28.7 Å². The van der Waals surface area contributed by atoms with E-state index in [1.54, 1.807) is 42.5 Å². The van der Waals surface area contributed by atoms with Crippen molar-refractivity contribution in [2.75, 3.05) is 11.9 Å². The number of benzene rings is 2. The number of esters is 1. The van der Waals surface area contributed by atoms with Crippen LogP contribution in [0.1, 0.15) is 10.4 Å². The van der Waals surface area contributed by atoms with E-state index in [4.69, 9.17) is 16.3 Å². The highest BCUT2D eigenvalue weighted by atomic mass is 127. The third-order valence-electron chi connectivity index (χ3n) is 2.56. The number of rotatable bonds is 4. The van der Waals surface area contributed by atoms with Gasteiger partial charge < -0.3 is 10.1 Å². The number of halogens is 2. The van der Waals surface area contributed by atoms with Crippen molar-refractivity contribution >= 4 is 51.8 Å². The first-order chi connectivity index (χ1) is 10.1. The van der Waals surface area contributed by atoms with Crippen molar-refractivity contribution in [2.24, 2.45) is 0 Å². The Balaban J connectivity index is 1.88. The summed E-state index contributed by atoms with van der Waals surface area (Å²) in [6.07, 6.45) is 0. The lowest BCUT2D eigenvalue weighted by Gasteiger charge is -2.07. The number of anilines is 1. The molecule has 0 aliphatic heterocycles. The van der Waals surface area contributed by atoms with Crippen molar-refractivity contribution in [3.05, 3.63) is 62.7 Å². The minimum atomic E-state index is -0.522. The fraction of sp³-hybridized carbons (Fsp3) is 0.0667. The molecule has 0 aromatic heterocycles. The Labute approximate surface area is 140 Å². The van der Waals surface area contributed by atoms with E-state index in [0.29, 0.717) is 16.3 Å². The van der Waals surface area contributed by atoms with Crippen LogP contribution in [0, 0.1) is 3.57 Å². The van der Waals surface area contributed by atoms with Gasteiger partial charge in [-0.15, -0.1) is 0 Å². The molecule has 2 rings (SSSR count). The minimum Gasteiger partial charge on any atom is -0.452 e. The van der Waals surface area contributed by atoms with Crippen LogP contribution in [0.15, 0.2) is 48.5 Å². The van der Waals surface area contributed by atoms with Crippen LogP contribution in [-0.2, 0) is 9.53 Å². The number of hydrogen-bond acceptors (Lipinski definition) is 3. The predicted octanol–water partition coefficient (Wildman–Crippen LogP) is 3.74. The summed E-state index contributed by atoms with van der Waals surface area (Å²) in [4.78, 5) is 23.5. The number of nitrogens with one attached hydrogen (secondary N) is 1. The molecule has 0 aliphatic rings. The highest BCUT2D eigenvalue weighted by Crippen LogP contribution is 2.14. The van der Waals surface area contributed by atoms with E-state index in [9.17, 15) is 9.59 Å². The Kier molecular flexibility index (Phi) is 5.58. The van der Waals surface area contributed by atoms with Crippen LogP contribution in [-0.4, -0.2) is 18.5 Å². The van der Waals surface area contributed by atoms with Crippen molar-refractivity contribution < 1.29 is 14.3 Å². The third kappa shape index (κ3) is 4.71. The van der Waals surface area contributed by atoms with Gasteiger partial charge in [-0.25, -0.2) is 4.79 Å². The molecule has 108 valence electrons. The number of carbonyl (C=O) groups is 2. The molecule has 0 spiro atoms. The zero-order chi connectivity index (χ0) is 15.2. The Morgan fingerprint density at radius 2 is 1.76 bits per heavy atom. The van der Waals surface area contributed by atoms with Crippen LogP contribution in [0.3, 0.4) is 0 Å². The number of amides is 1. The fourth-order valence-corrected chi connectivity index (χ4v) is 2.30. The average Bonchev–Trinajstić information content (AvgIpc) is 2.48. The van der Waals surface area contributed by atoms with Crippen LogP contribution in [0.2, 0.25) is 5.02 Å². The van der Waals surface area contributed by atoms with Crippen molar-refractivity contribution in [3.8, 4) is 0 Å². The lowest BCUT2D eigenvalue weighted by atomic mass is 10.2. The van der Waals surface area contributed by atoms with Gasteiger partial charge in [-0.1, -0.05) is 23.7 Å². The normalized spacial score (nSPS) is 10.0. The zero-order valence-electron chi connectivity index (χ0n) is 10.8. The summed E-state index contributed by atoms with van der Waals surface area (Å²) in [6, 6.07) is 13.7. The second kappa shape index (κ2) is 7.42. The molecular weight excluding hydrogens is 405 g/mol. The SMILES string of the molecule is O=C(COC(=O)c1ccccc1I)Nc1ccc(Cl)cc1. The van der Waals surface area contributed by atoms with E-state index >= 15 is 0 Å². The lowest BCUT2D eigenvalue weighted by Crippen LogP contribution is -2.21. The second-order valence-electron chi connectivity index (χ2n) is 4.11. The molecule has 2 aromatic carbocycles. The molecule has 0 saturated heterocycles. The van der Waals surface area contributed by atoms with Gasteiger partial charge in [0.05, 0.1) is 5.56 Å². The number of hydrogen-bond donors (Lipinski definition) is 1. The monoisotopic (exact) mass is 415 g/mol. The minimum absolute atomic E-state index is 0.341. The van der Waals surface area contributed by atoms with Crippen LogP contribution >= 0.6 is 34.2 Å². The molecule has 0 fully saturated rings. The Morgan fingerprint density at radius 3 is 2.43 bits per heavy atom. The van der Waals surface area contributed by atoms with Crippen LogP contribution in [0.5, 0.6) is 0 Å². The van der Waals surface area contributed by atoms with Crippen molar-refractivity contribution in [1.29, 1.82) is 0 Å². The number of ether oxygens (including phenoxy) is 1. The molecule has 0 unspecified atom stereocenters. The first-order valence-electron chi connectivity index (χ1n) is 6.03. The summed E-state index contributed by atoms with van der Waals surface area (Å²) in [5, 5.41) is 3.20. The Bertz CT molecular complexity index is 658. The highest BCUT2D eigenvalue weighted by molar-refractivity contribution is 14.1. The molecule has 21 heavy (non-hydrogen) atoms. The van der Waals surface area contributed by atoms with Gasteiger partial charge in [-0.2, -0.15) is 0 Å². The molecule has 2 aromatic rings. The Hall–Kier alpha value is -1.60. The van der Waals surface area contributed by atoms with Gasteiger partial charge in [0.25, 0.3) is 5.91 Å². The fourth-order valence-electron chi connectivity index (χ4n) is 1.57.